The van der Waals surface area contributed by atoms with Crippen molar-refractivity contribution in [2.45, 2.75) is 26.4 Å². The molecule has 3 N–H and O–H groups in total. The summed E-state index contributed by atoms with van der Waals surface area (Å²) >= 11 is 0. The molecule has 1 unspecified atom stereocenters. The van der Waals surface area contributed by atoms with Crippen molar-refractivity contribution in [1.29, 1.82) is 0 Å². The van der Waals surface area contributed by atoms with E-state index in [0.717, 1.165) is 0 Å². The Labute approximate surface area is 148 Å². The van der Waals surface area contributed by atoms with Crippen molar-refractivity contribution in [2.75, 3.05) is 11.9 Å². The highest BCUT2D eigenvalue weighted by molar-refractivity contribution is 6.04. The van der Waals surface area contributed by atoms with Gasteiger partial charge in [-0.15, -0.1) is 0 Å². The average Bonchev–Trinajstić information content (AvgIpc) is 2.62. The lowest BCUT2D eigenvalue weighted by molar-refractivity contribution is 0.0919. The lowest BCUT2D eigenvalue weighted by Gasteiger charge is -2.14. The molecule has 5 heteroatoms. The second-order valence-corrected chi connectivity index (χ2v) is 6.25. The minimum absolute atomic E-state index is 0.171. The van der Waals surface area contributed by atoms with E-state index in [0.29, 0.717) is 29.8 Å². The Balaban J connectivity index is 1.87. The third kappa shape index (κ3) is 5.72. The first kappa shape index (κ1) is 18.7. The maximum atomic E-state index is 12.1. The molecule has 0 aliphatic heterocycles. The molecule has 0 aromatic heterocycles. The number of hydrogen-bond donors (Lipinski definition) is 3. The molecule has 0 spiro atoms. The second kappa shape index (κ2) is 8.99. The number of hydrogen-bond acceptors (Lipinski definition) is 3. The van der Waals surface area contributed by atoms with E-state index in [1.54, 1.807) is 48.5 Å². The molecular weight excluding hydrogens is 316 g/mol. The molecule has 0 aliphatic rings. The molecule has 0 saturated carbocycles. The zero-order chi connectivity index (χ0) is 18.2. The smallest absolute Gasteiger partial charge is 0.255 e. The van der Waals surface area contributed by atoms with Gasteiger partial charge in [0.05, 0.1) is 6.10 Å². The van der Waals surface area contributed by atoms with E-state index in [1.165, 1.54) is 0 Å². The SMILES string of the molecule is CC(C)C(O)CCNC(=O)c1ccc(NC(=O)c2ccccc2)cc1. The van der Waals surface area contributed by atoms with Crippen LogP contribution in [-0.4, -0.2) is 29.6 Å². The fraction of sp³-hybridized carbons (Fsp3) is 0.300. The van der Waals surface area contributed by atoms with Crippen LogP contribution in [0.25, 0.3) is 0 Å². The minimum Gasteiger partial charge on any atom is -0.393 e. The van der Waals surface area contributed by atoms with Gasteiger partial charge in [0, 0.05) is 23.4 Å². The van der Waals surface area contributed by atoms with Crippen LogP contribution in [0.5, 0.6) is 0 Å². The van der Waals surface area contributed by atoms with E-state index in [-0.39, 0.29) is 17.7 Å². The molecule has 0 bridgehead atoms. The van der Waals surface area contributed by atoms with Crippen molar-refractivity contribution in [3.63, 3.8) is 0 Å². The average molecular weight is 340 g/mol. The van der Waals surface area contributed by atoms with Gasteiger partial charge in [-0.2, -0.15) is 0 Å². The predicted octanol–water partition coefficient (Wildman–Crippen LogP) is 3.08. The van der Waals surface area contributed by atoms with Gasteiger partial charge in [-0.1, -0.05) is 32.0 Å². The summed E-state index contributed by atoms with van der Waals surface area (Å²) in [5.41, 5.74) is 1.71. The molecule has 2 aromatic rings. The summed E-state index contributed by atoms with van der Waals surface area (Å²) in [4.78, 5) is 24.1. The van der Waals surface area contributed by atoms with E-state index in [4.69, 9.17) is 0 Å². The molecule has 2 rings (SSSR count). The molecule has 0 aliphatic carbocycles. The number of anilines is 1. The van der Waals surface area contributed by atoms with Crippen molar-refractivity contribution >= 4 is 17.5 Å². The Morgan fingerprint density at radius 1 is 0.920 bits per heavy atom. The van der Waals surface area contributed by atoms with Gasteiger partial charge in [0.2, 0.25) is 0 Å². The number of nitrogens with one attached hydrogen (secondary N) is 2. The number of carbonyl (C=O) groups is 2. The predicted molar refractivity (Wildman–Crippen MR) is 98.6 cm³/mol. The van der Waals surface area contributed by atoms with Crippen molar-refractivity contribution in [2.24, 2.45) is 5.92 Å². The molecule has 0 radical (unpaired) electrons. The first-order valence-corrected chi connectivity index (χ1v) is 8.40. The molecular formula is C20H24N2O3. The first-order chi connectivity index (χ1) is 12.0. The van der Waals surface area contributed by atoms with Crippen molar-refractivity contribution in [3.8, 4) is 0 Å². The van der Waals surface area contributed by atoms with Crippen LogP contribution in [0.1, 0.15) is 41.0 Å². The molecule has 132 valence electrons. The standard InChI is InChI=1S/C20H24N2O3/c1-14(2)18(23)12-13-21-19(24)16-8-10-17(11-9-16)22-20(25)15-6-4-3-5-7-15/h3-11,14,18,23H,12-13H2,1-2H3,(H,21,24)(H,22,25). The van der Waals surface area contributed by atoms with Crippen LogP contribution in [0.3, 0.4) is 0 Å². The fourth-order valence-electron chi connectivity index (χ4n) is 2.27. The number of rotatable bonds is 7. The Morgan fingerprint density at radius 3 is 2.12 bits per heavy atom. The molecule has 5 nitrogen and oxygen atoms in total. The molecule has 2 aromatic carbocycles. The summed E-state index contributed by atoms with van der Waals surface area (Å²) in [5, 5.41) is 15.3. The number of carbonyl (C=O) groups excluding carboxylic acids is 2. The van der Waals surface area contributed by atoms with E-state index >= 15 is 0 Å². The second-order valence-electron chi connectivity index (χ2n) is 6.25. The summed E-state index contributed by atoms with van der Waals surface area (Å²) in [7, 11) is 0. The van der Waals surface area contributed by atoms with Crippen LogP contribution < -0.4 is 10.6 Å². The number of aliphatic hydroxyl groups is 1. The zero-order valence-electron chi connectivity index (χ0n) is 14.5. The van der Waals surface area contributed by atoms with Gasteiger partial charge in [0.25, 0.3) is 11.8 Å². The highest BCUT2D eigenvalue weighted by atomic mass is 16.3. The number of amides is 2. The van der Waals surface area contributed by atoms with Crippen LogP contribution in [0.15, 0.2) is 54.6 Å². The highest BCUT2D eigenvalue weighted by Gasteiger charge is 2.11. The molecule has 25 heavy (non-hydrogen) atoms. The molecule has 2 amide bonds. The topological polar surface area (TPSA) is 78.4 Å². The minimum atomic E-state index is -0.420. The third-order valence-electron chi connectivity index (χ3n) is 3.94. The van der Waals surface area contributed by atoms with Gasteiger partial charge in [0.1, 0.15) is 0 Å². The van der Waals surface area contributed by atoms with E-state index < -0.39 is 6.10 Å². The monoisotopic (exact) mass is 340 g/mol. The Morgan fingerprint density at radius 2 is 1.52 bits per heavy atom. The molecule has 1 atom stereocenters. The largest absolute Gasteiger partial charge is 0.393 e. The zero-order valence-corrected chi connectivity index (χ0v) is 14.5. The summed E-state index contributed by atoms with van der Waals surface area (Å²) in [6, 6.07) is 15.6. The Hall–Kier alpha value is -2.66. The summed E-state index contributed by atoms with van der Waals surface area (Å²) in [6.45, 7) is 4.30. The van der Waals surface area contributed by atoms with Crippen LogP contribution in [-0.2, 0) is 0 Å². The Bertz CT molecular complexity index is 697. The van der Waals surface area contributed by atoms with Crippen molar-refractivity contribution < 1.29 is 14.7 Å². The highest BCUT2D eigenvalue weighted by Crippen LogP contribution is 2.12. The van der Waals surface area contributed by atoms with Crippen LogP contribution in [0, 0.1) is 5.92 Å². The number of aliphatic hydroxyl groups excluding tert-OH is 1. The van der Waals surface area contributed by atoms with Crippen LogP contribution in [0.4, 0.5) is 5.69 Å². The quantitative estimate of drug-likeness (QED) is 0.725. The number of benzene rings is 2. The van der Waals surface area contributed by atoms with Gasteiger partial charge >= 0.3 is 0 Å². The van der Waals surface area contributed by atoms with E-state index in [1.807, 2.05) is 19.9 Å². The molecule has 0 saturated heterocycles. The van der Waals surface area contributed by atoms with E-state index in [9.17, 15) is 14.7 Å². The van der Waals surface area contributed by atoms with E-state index in [2.05, 4.69) is 10.6 Å². The summed E-state index contributed by atoms with van der Waals surface area (Å²) < 4.78 is 0. The summed E-state index contributed by atoms with van der Waals surface area (Å²) in [5.74, 6) is -0.221. The maximum absolute atomic E-state index is 12.1. The maximum Gasteiger partial charge on any atom is 0.255 e. The molecule has 0 fully saturated rings. The lowest BCUT2D eigenvalue weighted by atomic mass is 10.0. The van der Waals surface area contributed by atoms with Crippen molar-refractivity contribution in [1.82, 2.24) is 5.32 Å². The third-order valence-corrected chi connectivity index (χ3v) is 3.94. The van der Waals surface area contributed by atoms with Gasteiger partial charge < -0.3 is 15.7 Å². The fourth-order valence-corrected chi connectivity index (χ4v) is 2.27. The van der Waals surface area contributed by atoms with Gasteiger partial charge in [0.15, 0.2) is 0 Å². The Kier molecular flexibility index (Phi) is 6.71. The normalized spacial score (nSPS) is 11.8. The lowest BCUT2D eigenvalue weighted by Crippen LogP contribution is -2.28. The van der Waals surface area contributed by atoms with Gasteiger partial charge in [-0.3, -0.25) is 9.59 Å². The van der Waals surface area contributed by atoms with Gasteiger partial charge in [-0.25, -0.2) is 0 Å². The first-order valence-electron chi connectivity index (χ1n) is 8.40. The van der Waals surface area contributed by atoms with Crippen LogP contribution in [0.2, 0.25) is 0 Å². The summed E-state index contributed by atoms with van der Waals surface area (Å²) in [6.07, 6.45) is 0.102. The van der Waals surface area contributed by atoms with Crippen molar-refractivity contribution in [3.05, 3.63) is 65.7 Å². The van der Waals surface area contributed by atoms with Crippen LogP contribution >= 0.6 is 0 Å². The molecule has 0 heterocycles. The van der Waals surface area contributed by atoms with Gasteiger partial charge in [-0.05, 0) is 48.7 Å².